The predicted octanol–water partition coefficient (Wildman–Crippen LogP) is 5.43. The van der Waals surface area contributed by atoms with Gasteiger partial charge in [0.25, 0.3) is 5.69 Å². The number of rotatable bonds is 8. The van der Waals surface area contributed by atoms with Gasteiger partial charge in [0.15, 0.2) is 0 Å². The number of aromatic nitrogens is 6. The number of benzene rings is 3. The topological polar surface area (TPSA) is 105 Å². The van der Waals surface area contributed by atoms with E-state index < -0.39 is 4.92 Å². The Morgan fingerprint density at radius 1 is 0.971 bits per heavy atom. The highest BCUT2D eigenvalue weighted by molar-refractivity contribution is 7.98. The quantitative estimate of drug-likeness (QED) is 0.158. The predicted molar refractivity (Wildman–Crippen MR) is 134 cm³/mol. The van der Waals surface area contributed by atoms with Gasteiger partial charge in [-0.15, -0.1) is 22.0 Å². The molecule has 0 N–H and O–H groups in total. The van der Waals surface area contributed by atoms with Crippen molar-refractivity contribution in [3.05, 3.63) is 111 Å². The van der Waals surface area contributed by atoms with Crippen LogP contribution in [0.4, 0.5) is 5.69 Å². The van der Waals surface area contributed by atoms with Crippen LogP contribution in [0.3, 0.4) is 0 Å². The van der Waals surface area contributed by atoms with E-state index in [1.54, 1.807) is 30.1 Å². The van der Waals surface area contributed by atoms with Crippen molar-refractivity contribution in [2.24, 2.45) is 0 Å². The summed E-state index contributed by atoms with van der Waals surface area (Å²) in [5.74, 6) is 1.17. The lowest BCUT2D eigenvalue weighted by Gasteiger charge is -2.09. The minimum atomic E-state index is -0.429. The van der Waals surface area contributed by atoms with Crippen LogP contribution >= 0.6 is 23.4 Å². The van der Waals surface area contributed by atoms with Crippen LogP contribution in [-0.4, -0.2) is 34.9 Å². The van der Waals surface area contributed by atoms with E-state index in [9.17, 15) is 10.1 Å². The molecule has 2 heterocycles. The van der Waals surface area contributed by atoms with Crippen LogP contribution in [0, 0.1) is 10.1 Å². The van der Waals surface area contributed by atoms with Crippen LogP contribution < -0.4 is 0 Å². The standard InChI is InChI=1S/C24H18ClN7O2S/c25-19-7-4-8-21(13-19)31-24(35-16-18-5-2-1-3-6-18)22(14-26-31)23-27-29-30(28-23)15-17-9-11-20(12-10-17)32(33)34/h1-14H,15-16H2. The molecule has 174 valence electrons. The van der Waals surface area contributed by atoms with E-state index in [1.165, 1.54) is 22.5 Å². The highest BCUT2D eigenvalue weighted by Gasteiger charge is 2.19. The van der Waals surface area contributed by atoms with Crippen LogP contribution in [0.2, 0.25) is 5.02 Å². The van der Waals surface area contributed by atoms with Crippen molar-refractivity contribution in [2.45, 2.75) is 17.3 Å². The molecule has 11 heteroatoms. The van der Waals surface area contributed by atoms with Gasteiger partial charge in [-0.3, -0.25) is 10.1 Å². The fraction of sp³-hybridized carbons (Fsp3) is 0.0833. The van der Waals surface area contributed by atoms with E-state index in [-0.39, 0.29) is 5.69 Å². The normalized spacial score (nSPS) is 11.0. The summed E-state index contributed by atoms with van der Waals surface area (Å²) in [7, 11) is 0. The molecular weight excluding hydrogens is 486 g/mol. The van der Waals surface area contributed by atoms with Crippen molar-refractivity contribution >= 4 is 29.1 Å². The molecule has 0 radical (unpaired) electrons. The molecular formula is C24H18ClN7O2S. The van der Waals surface area contributed by atoms with Gasteiger partial charge in [-0.25, -0.2) is 4.68 Å². The van der Waals surface area contributed by atoms with E-state index in [0.717, 1.165) is 27.6 Å². The monoisotopic (exact) mass is 503 g/mol. The van der Waals surface area contributed by atoms with E-state index in [2.05, 4.69) is 32.6 Å². The Labute approximate surface area is 209 Å². The molecule has 0 unspecified atom stereocenters. The van der Waals surface area contributed by atoms with E-state index in [0.29, 0.717) is 17.4 Å². The Bertz CT molecular complexity index is 1470. The third-order valence-electron chi connectivity index (χ3n) is 5.16. The summed E-state index contributed by atoms with van der Waals surface area (Å²) in [6.45, 7) is 0.333. The van der Waals surface area contributed by atoms with Gasteiger partial charge in [-0.2, -0.15) is 9.90 Å². The molecule has 0 aliphatic carbocycles. The van der Waals surface area contributed by atoms with Crippen molar-refractivity contribution in [2.75, 3.05) is 0 Å². The Kier molecular flexibility index (Phi) is 6.55. The Morgan fingerprint density at radius 2 is 1.77 bits per heavy atom. The third-order valence-corrected chi connectivity index (χ3v) is 6.54. The van der Waals surface area contributed by atoms with Crippen molar-refractivity contribution < 1.29 is 4.92 Å². The van der Waals surface area contributed by atoms with E-state index >= 15 is 0 Å². The minimum Gasteiger partial charge on any atom is -0.258 e. The molecule has 3 aromatic carbocycles. The van der Waals surface area contributed by atoms with Crippen molar-refractivity contribution in [1.29, 1.82) is 0 Å². The molecule has 0 amide bonds. The van der Waals surface area contributed by atoms with Crippen molar-refractivity contribution in [3.63, 3.8) is 0 Å². The second kappa shape index (κ2) is 10.1. The molecule has 0 aliphatic heterocycles. The van der Waals surface area contributed by atoms with Gasteiger partial charge in [-0.05, 0) is 34.5 Å². The van der Waals surface area contributed by atoms with Gasteiger partial charge in [0, 0.05) is 22.9 Å². The highest BCUT2D eigenvalue weighted by Crippen LogP contribution is 2.34. The number of nitro benzene ring substituents is 1. The van der Waals surface area contributed by atoms with Crippen LogP contribution in [0.25, 0.3) is 17.1 Å². The number of nitrogens with zero attached hydrogens (tertiary/aromatic N) is 7. The van der Waals surface area contributed by atoms with Gasteiger partial charge in [0.05, 0.1) is 28.9 Å². The molecule has 0 atom stereocenters. The van der Waals surface area contributed by atoms with Crippen molar-refractivity contribution in [1.82, 2.24) is 30.0 Å². The molecule has 0 fully saturated rings. The Morgan fingerprint density at radius 3 is 2.51 bits per heavy atom. The number of tetrazole rings is 1. The lowest BCUT2D eigenvalue weighted by atomic mass is 10.2. The molecule has 9 nitrogen and oxygen atoms in total. The first-order chi connectivity index (χ1) is 17.1. The number of hydrogen-bond donors (Lipinski definition) is 0. The number of thioether (sulfide) groups is 1. The second-order valence-electron chi connectivity index (χ2n) is 7.60. The van der Waals surface area contributed by atoms with Crippen LogP contribution in [0.15, 0.2) is 90.1 Å². The molecule has 0 spiro atoms. The Balaban J connectivity index is 1.45. The number of nitro groups is 1. The maximum Gasteiger partial charge on any atom is 0.269 e. The molecule has 0 aliphatic rings. The zero-order valence-electron chi connectivity index (χ0n) is 18.2. The fourth-order valence-corrected chi connectivity index (χ4v) is 4.71. The minimum absolute atomic E-state index is 0.0366. The lowest BCUT2D eigenvalue weighted by Crippen LogP contribution is -2.04. The Hall–Kier alpha value is -4.02. The highest BCUT2D eigenvalue weighted by atomic mass is 35.5. The second-order valence-corrected chi connectivity index (χ2v) is 9.00. The van der Waals surface area contributed by atoms with Crippen LogP contribution in [0.5, 0.6) is 0 Å². The number of halogens is 1. The zero-order chi connectivity index (χ0) is 24.2. The molecule has 0 saturated heterocycles. The summed E-state index contributed by atoms with van der Waals surface area (Å²) in [5, 5.41) is 29.9. The fourth-order valence-electron chi connectivity index (χ4n) is 3.45. The first-order valence-electron chi connectivity index (χ1n) is 10.6. The van der Waals surface area contributed by atoms with Gasteiger partial charge < -0.3 is 0 Å². The summed E-state index contributed by atoms with van der Waals surface area (Å²) < 4.78 is 1.83. The van der Waals surface area contributed by atoms with Gasteiger partial charge in [-0.1, -0.05) is 60.1 Å². The average molecular weight is 504 g/mol. The molecule has 0 saturated carbocycles. The summed E-state index contributed by atoms with van der Waals surface area (Å²) in [4.78, 5) is 11.9. The SMILES string of the molecule is O=[N+]([O-])c1ccc(Cn2nnc(-c3cnn(-c4cccc(Cl)c4)c3SCc3ccccc3)n2)cc1. The number of hydrogen-bond acceptors (Lipinski definition) is 7. The number of non-ortho nitro benzene ring substituents is 1. The van der Waals surface area contributed by atoms with Gasteiger partial charge in [0.2, 0.25) is 5.82 Å². The molecule has 2 aromatic heterocycles. The summed E-state index contributed by atoms with van der Waals surface area (Å²) >= 11 is 7.85. The summed E-state index contributed by atoms with van der Waals surface area (Å²) in [6, 6.07) is 23.9. The van der Waals surface area contributed by atoms with Crippen molar-refractivity contribution in [3.8, 4) is 17.1 Å². The first-order valence-corrected chi connectivity index (χ1v) is 12.0. The zero-order valence-corrected chi connectivity index (χ0v) is 19.8. The third kappa shape index (κ3) is 5.23. The molecule has 35 heavy (non-hydrogen) atoms. The maximum atomic E-state index is 10.9. The first kappa shape index (κ1) is 22.8. The average Bonchev–Trinajstić information content (AvgIpc) is 3.50. The van der Waals surface area contributed by atoms with Gasteiger partial charge >= 0.3 is 0 Å². The van der Waals surface area contributed by atoms with E-state index in [1.807, 2.05) is 47.1 Å². The lowest BCUT2D eigenvalue weighted by molar-refractivity contribution is -0.384. The molecule has 0 bridgehead atoms. The molecule has 5 aromatic rings. The van der Waals surface area contributed by atoms with E-state index in [4.69, 9.17) is 11.6 Å². The largest absolute Gasteiger partial charge is 0.269 e. The van der Waals surface area contributed by atoms with Crippen LogP contribution in [-0.2, 0) is 12.3 Å². The summed E-state index contributed by atoms with van der Waals surface area (Å²) in [5.41, 5.74) is 3.62. The van der Waals surface area contributed by atoms with Gasteiger partial charge in [0.1, 0.15) is 5.03 Å². The molecule has 5 rings (SSSR count). The summed E-state index contributed by atoms with van der Waals surface area (Å²) in [6.07, 6.45) is 1.72. The smallest absolute Gasteiger partial charge is 0.258 e. The maximum absolute atomic E-state index is 10.9. The van der Waals surface area contributed by atoms with Crippen LogP contribution in [0.1, 0.15) is 11.1 Å².